The molecular formula is C17H20N4O2S. The number of nitrogens with zero attached hydrogens (tertiary/aromatic N) is 4. The first-order valence-electron chi connectivity index (χ1n) is 8.19. The SMILES string of the molecule is COc1cc(N2CC[C@@H]3[C@@H]2CCN3C(=O)Cc2ccsc2)ncn1. The first kappa shape index (κ1) is 15.4. The normalized spacial score (nSPS) is 22.7. The Morgan fingerprint density at radius 3 is 3.00 bits per heavy atom. The van der Waals surface area contributed by atoms with Crippen molar-refractivity contribution in [3.63, 3.8) is 0 Å². The molecule has 1 amide bonds. The van der Waals surface area contributed by atoms with Gasteiger partial charge in [-0.2, -0.15) is 11.3 Å². The van der Waals surface area contributed by atoms with Crippen LogP contribution in [0.25, 0.3) is 0 Å². The number of likely N-dealkylation sites (tertiary alicyclic amines) is 1. The highest BCUT2D eigenvalue weighted by Crippen LogP contribution is 2.35. The van der Waals surface area contributed by atoms with E-state index < -0.39 is 0 Å². The molecule has 2 saturated heterocycles. The third-order valence-corrected chi connectivity index (χ3v) is 5.70. The van der Waals surface area contributed by atoms with Crippen LogP contribution in [-0.2, 0) is 11.2 Å². The topological polar surface area (TPSA) is 58.6 Å². The molecular weight excluding hydrogens is 324 g/mol. The lowest BCUT2D eigenvalue weighted by molar-refractivity contribution is -0.131. The van der Waals surface area contributed by atoms with E-state index in [4.69, 9.17) is 4.74 Å². The number of rotatable bonds is 4. The lowest BCUT2D eigenvalue weighted by Gasteiger charge is -2.26. The molecule has 0 unspecified atom stereocenters. The Morgan fingerprint density at radius 1 is 1.33 bits per heavy atom. The van der Waals surface area contributed by atoms with Crippen LogP contribution < -0.4 is 9.64 Å². The van der Waals surface area contributed by atoms with Crippen LogP contribution in [0.3, 0.4) is 0 Å². The fraction of sp³-hybridized carbons (Fsp3) is 0.471. The molecule has 126 valence electrons. The van der Waals surface area contributed by atoms with E-state index in [9.17, 15) is 4.79 Å². The minimum atomic E-state index is 0.239. The van der Waals surface area contributed by atoms with Crippen molar-refractivity contribution < 1.29 is 9.53 Å². The van der Waals surface area contributed by atoms with Crippen molar-refractivity contribution in [1.29, 1.82) is 0 Å². The smallest absolute Gasteiger partial charge is 0.227 e. The molecule has 2 atom stereocenters. The van der Waals surface area contributed by atoms with Gasteiger partial charge in [0, 0.05) is 19.2 Å². The van der Waals surface area contributed by atoms with Gasteiger partial charge in [0.15, 0.2) is 0 Å². The Kier molecular flexibility index (Phi) is 4.10. The molecule has 0 saturated carbocycles. The Labute approximate surface area is 145 Å². The van der Waals surface area contributed by atoms with Gasteiger partial charge >= 0.3 is 0 Å². The summed E-state index contributed by atoms with van der Waals surface area (Å²) in [5.41, 5.74) is 1.11. The van der Waals surface area contributed by atoms with Gasteiger partial charge in [-0.25, -0.2) is 9.97 Å². The molecule has 0 radical (unpaired) electrons. The van der Waals surface area contributed by atoms with E-state index in [1.165, 1.54) is 6.33 Å². The molecule has 4 rings (SSSR count). The highest BCUT2D eigenvalue weighted by molar-refractivity contribution is 7.08. The Balaban J connectivity index is 1.48. The largest absolute Gasteiger partial charge is 0.481 e. The second kappa shape index (κ2) is 6.39. The van der Waals surface area contributed by atoms with Gasteiger partial charge in [0.25, 0.3) is 0 Å². The quantitative estimate of drug-likeness (QED) is 0.849. The highest BCUT2D eigenvalue weighted by Gasteiger charge is 2.44. The van der Waals surface area contributed by atoms with Crippen molar-refractivity contribution >= 4 is 23.1 Å². The number of carbonyl (C=O) groups excluding carboxylic acids is 1. The van der Waals surface area contributed by atoms with Crippen LogP contribution in [0.15, 0.2) is 29.2 Å². The van der Waals surface area contributed by atoms with Crippen LogP contribution in [0.5, 0.6) is 5.88 Å². The molecule has 2 aliphatic heterocycles. The number of carbonyl (C=O) groups is 1. The number of hydrogen-bond donors (Lipinski definition) is 0. The molecule has 2 aromatic rings. The standard InChI is InChI=1S/C17H20N4O2S/c1-23-16-9-15(18-11-19-16)20-5-2-14-13(20)3-6-21(14)17(22)8-12-4-7-24-10-12/h4,7,9-11,13-14H,2-3,5-6,8H2,1H3/t13-,14+/m0/s1. The van der Waals surface area contributed by atoms with E-state index in [2.05, 4.69) is 25.1 Å². The van der Waals surface area contributed by atoms with Crippen molar-refractivity contribution in [1.82, 2.24) is 14.9 Å². The first-order chi connectivity index (χ1) is 11.8. The zero-order valence-electron chi connectivity index (χ0n) is 13.6. The van der Waals surface area contributed by atoms with Crippen LogP contribution in [0.2, 0.25) is 0 Å². The summed E-state index contributed by atoms with van der Waals surface area (Å²) in [5, 5.41) is 4.08. The molecule has 0 aromatic carbocycles. The molecule has 2 aromatic heterocycles. The fourth-order valence-corrected chi connectivity index (χ4v) is 4.52. The zero-order valence-corrected chi connectivity index (χ0v) is 14.4. The number of aromatic nitrogens is 2. The maximum absolute atomic E-state index is 12.7. The minimum Gasteiger partial charge on any atom is -0.481 e. The predicted octanol–water partition coefficient (Wildman–Crippen LogP) is 1.97. The van der Waals surface area contributed by atoms with Gasteiger partial charge in [-0.05, 0) is 35.2 Å². The van der Waals surface area contributed by atoms with Crippen molar-refractivity contribution in [3.05, 3.63) is 34.8 Å². The van der Waals surface area contributed by atoms with E-state index in [0.29, 0.717) is 18.3 Å². The summed E-state index contributed by atoms with van der Waals surface area (Å²) in [7, 11) is 1.61. The maximum Gasteiger partial charge on any atom is 0.227 e. The molecule has 2 aliphatic rings. The maximum atomic E-state index is 12.7. The average molecular weight is 344 g/mol. The summed E-state index contributed by atoms with van der Waals surface area (Å²) in [5.74, 6) is 1.70. The van der Waals surface area contributed by atoms with Gasteiger partial charge in [-0.15, -0.1) is 0 Å². The van der Waals surface area contributed by atoms with Gasteiger partial charge in [0.1, 0.15) is 12.1 Å². The van der Waals surface area contributed by atoms with Gasteiger partial charge in [0.2, 0.25) is 11.8 Å². The van der Waals surface area contributed by atoms with Crippen molar-refractivity contribution in [3.8, 4) is 5.88 Å². The summed E-state index contributed by atoms with van der Waals surface area (Å²) in [4.78, 5) is 25.5. The molecule has 6 nitrogen and oxygen atoms in total. The second-order valence-corrected chi connectivity index (χ2v) is 7.00. The third kappa shape index (κ3) is 2.73. The molecule has 2 fully saturated rings. The average Bonchev–Trinajstić information content (AvgIpc) is 3.31. The monoisotopic (exact) mass is 344 g/mol. The summed E-state index contributed by atoms with van der Waals surface area (Å²) in [6.45, 7) is 1.74. The van der Waals surface area contributed by atoms with Gasteiger partial charge < -0.3 is 14.5 Å². The Hall–Kier alpha value is -2.15. The lowest BCUT2D eigenvalue weighted by atomic mass is 10.1. The predicted molar refractivity (Wildman–Crippen MR) is 92.5 cm³/mol. The Bertz CT molecular complexity index is 721. The van der Waals surface area contributed by atoms with Crippen molar-refractivity contribution in [2.45, 2.75) is 31.3 Å². The third-order valence-electron chi connectivity index (χ3n) is 4.96. The summed E-state index contributed by atoms with van der Waals surface area (Å²) >= 11 is 1.64. The van der Waals surface area contributed by atoms with Gasteiger partial charge in [0.05, 0.1) is 25.6 Å². The second-order valence-electron chi connectivity index (χ2n) is 6.22. The lowest BCUT2D eigenvalue weighted by Crippen LogP contribution is -2.40. The van der Waals surface area contributed by atoms with Gasteiger partial charge in [-0.3, -0.25) is 4.79 Å². The minimum absolute atomic E-state index is 0.239. The van der Waals surface area contributed by atoms with Crippen molar-refractivity contribution in [2.75, 3.05) is 25.1 Å². The number of methoxy groups -OCH3 is 1. The molecule has 7 heteroatoms. The fourth-order valence-electron chi connectivity index (χ4n) is 3.85. The molecule has 24 heavy (non-hydrogen) atoms. The van der Waals surface area contributed by atoms with E-state index in [0.717, 1.165) is 37.3 Å². The number of hydrogen-bond acceptors (Lipinski definition) is 6. The van der Waals surface area contributed by atoms with Crippen LogP contribution in [0.1, 0.15) is 18.4 Å². The van der Waals surface area contributed by atoms with Crippen LogP contribution in [0.4, 0.5) is 5.82 Å². The molecule has 0 N–H and O–H groups in total. The van der Waals surface area contributed by atoms with E-state index >= 15 is 0 Å². The van der Waals surface area contributed by atoms with E-state index in [1.807, 2.05) is 17.5 Å². The van der Waals surface area contributed by atoms with Crippen LogP contribution >= 0.6 is 11.3 Å². The van der Waals surface area contributed by atoms with Crippen molar-refractivity contribution in [2.24, 2.45) is 0 Å². The molecule has 0 aliphatic carbocycles. The molecule has 4 heterocycles. The number of anilines is 1. The number of thiophene rings is 1. The zero-order chi connectivity index (χ0) is 16.5. The summed E-state index contributed by atoms with van der Waals surface area (Å²) in [6, 6.07) is 4.54. The van der Waals surface area contributed by atoms with E-state index in [1.54, 1.807) is 18.4 Å². The Morgan fingerprint density at radius 2 is 2.21 bits per heavy atom. The highest BCUT2D eigenvalue weighted by atomic mass is 32.1. The van der Waals surface area contributed by atoms with Crippen LogP contribution in [-0.4, -0.2) is 53.1 Å². The summed E-state index contributed by atoms with van der Waals surface area (Å²) < 4.78 is 5.20. The number of ether oxygens (including phenoxy) is 1. The van der Waals surface area contributed by atoms with Crippen LogP contribution in [0, 0.1) is 0 Å². The number of fused-ring (bicyclic) bond motifs is 1. The van der Waals surface area contributed by atoms with E-state index in [-0.39, 0.29) is 11.9 Å². The first-order valence-corrected chi connectivity index (χ1v) is 9.14. The molecule has 0 bridgehead atoms. The van der Waals surface area contributed by atoms with Gasteiger partial charge in [-0.1, -0.05) is 0 Å². The summed E-state index contributed by atoms with van der Waals surface area (Å²) in [6.07, 6.45) is 4.03. The number of amides is 1. The molecule has 0 spiro atoms.